The van der Waals surface area contributed by atoms with E-state index < -0.39 is 12.0 Å². The van der Waals surface area contributed by atoms with Gasteiger partial charge in [0.1, 0.15) is 5.75 Å². The van der Waals surface area contributed by atoms with Crippen molar-refractivity contribution in [2.75, 3.05) is 7.05 Å². The van der Waals surface area contributed by atoms with Crippen LogP contribution in [0.3, 0.4) is 0 Å². The van der Waals surface area contributed by atoms with Crippen molar-refractivity contribution in [1.82, 2.24) is 20.8 Å². The van der Waals surface area contributed by atoms with Crippen LogP contribution in [0.1, 0.15) is 23.4 Å². The number of ether oxygens (including phenoxy) is 1. The van der Waals surface area contributed by atoms with Crippen LogP contribution < -0.4 is 15.4 Å². The van der Waals surface area contributed by atoms with E-state index in [4.69, 9.17) is 9.26 Å². The van der Waals surface area contributed by atoms with Crippen LogP contribution >= 0.6 is 0 Å². The minimum Gasteiger partial charge on any atom is -0.481 e. The van der Waals surface area contributed by atoms with Crippen molar-refractivity contribution >= 4 is 22.6 Å². The molecule has 8 nitrogen and oxygen atoms in total. The fourth-order valence-electron chi connectivity index (χ4n) is 2.34. The third-order valence-corrected chi connectivity index (χ3v) is 3.72. The van der Waals surface area contributed by atoms with Gasteiger partial charge in [-0.15, -0.1) is 0 Å². The number of benzene rings is 2. The highest BCUT2D eigenvalue weighted by Crippen LogP contribution is 2.21. The quantitative estimate of drug-likeness (QED) is 0.697. The van der Waals surface area contributed by atoms with Gasteiger partial charge in [-0.1, -0.05) is 35.5 Å². The lowest BCUT2D eigenvalue weighted by Gasteiger charge is -2.14. The molecule has 2 aromatic carbocycles. The van der Waals surface area contributed by atoms with Crippen LogP contribution in [0.2, 0.25) is 0 Å². The summed E-state index contributed by atoms with van der Waals surface area (Å²) in [6.07, 6.45) is -0.711. The Kier molecular flexibility index (Phi) is 5.12. The van der Waals surface area contributed by atoms with Crippen LogP contribution in [0, 0.1) is 0 Å². The van der Waals surface area contributed by atoms with Gasteiger partial charge in [-0.25, -0.2) is 0 Å². The number of carbonyl (C=O) groups excluding carboxylic acids is 2. The monoisotopic (exact) mass is 354 g/mol. The van der Waals surface area contributed by atoms with Crippen LogP contribution in [0.15, 0.2) is 47.0 Å². The van der Waals surface area contributed by atoms with Gasteiger partial charge in [0, 0.05) is 7.05 Å². The summed E-state index contributed by atoms with van der Waals surface area (Å²) in [6, 6.07) is 13.5. The maximum atomic E-state index is 12.2. The summed E-state index contributed by atoms with van der Waals surface area (Å²) in [5, 5.41) is 10.7. The zero-order chi connectivity index (χ0) is 18.5. The Morgan fingerprint density at radius 3 is 2.73 bits per heavy atom. The SMILES string of the molecule is CNC(=O)c1noc(CNC(=O)[C@@H](C)Oc2ccc3ccccc3c2)n1. The number of carbonyl (C=O) groups is 2. The second-order valence-corrected chi connectivity index (χ2v) is 5.58. The molecule has 8 heteroatoms. The summed E-state index contributed by atoms with van der Waals surface area (Å²) < 4.78 is 10.6. The molecule has 1 atom stereocenters. The third-order valence-electron chi connectivity index (χ3n) is 3.72. The summed E-state index contributed by atoms with van der Waals surface area (Å²) >= 11 is 0. The van der Waals surface area contributed by atoms with E-state index in [0.717, 1.165) is 10.8 Å². The summed E-state index contributed by atoms with van der Waals surface area (Å²) in [5.41, 5.74) is 0. The number of fused-ring (bicyclic) bond motifs is 1. The van der Waals surface area contributed by atoms with Gasteiger partial charge in [-0.3, -0.25) is 9.59 Å². The molecule has 2 amide bonds. The maximum absolute atomic E-state index is 12.2. The van der Waals surface area contributed by atoms with E-state index in [1.807, 2.05) is 42.5 Å². The third kappa shape index (κ3) is 3.97. The molecule has 3 aromatic rings. The van der Waals surface area contributed by atoms with Crippen molar-refractivity contribution < 1.29 is 18.8 Å². The highest BCUT2D eigenvalue weighted by Gasteiger charge is 2.17. The van der Waals surface area contributed by atoms with Gasteiger partial charge >= 0.3 is 0 Å². The number of hydrogen-bond acceptors (Lipinski definition) is 6. The number of amides is 2. The second kappa shape index (κ2) is 7.64. The Morgan fingerprint density at radius 1 is 1.19 bits per heavy atom. The number of hydrogen-bond donors (Lipinski definition) is 2. The van der Waals surface area contributed by atoms with E-state index in [0.29, 0.717) is 5.75 Å². The first-order chi connectivity index (χ1) is 12.6. The minimum atomic E-state index is -0.711. The summed E-state index contributed by atoms with van der Waals surface area (Å²) in [4.78, 5) is 27.4. The molecule has 26 heavy (non-hydrogen) atoms. The van der Waals surface area contributed by atoms with Gasteiger partial charge in [0.2, 0.25) is 5.89 Å². The topological polar surface area (TPSA) is 106 Å². The van der Waals surface area contributed by atoms with Gasteiger partial charge in [-0.05, 0) is 29.8 Å². The molecular weight excluding hydrogens is 336 g/mol. The Bertz CT molecular complexity index is 938. The predicted octanol–water partition coefficient (Wildman–Crippen LogP) is 1.67. The first-order valence-electron chi connectivity index (χ1n) is 8.04. The molecule has 0 bridgehead atoms. The van der Waals surface area contributed by atoms with Crippen molar-refractivity contribution in [2.45, 2.75) is 19.6 Å². The van der Waals surface area contributed by atoms with Crippen molar-refractivity contribution in [3.63, 3.8) is 0 Å². The number of rotatable bonds is 6. The first-order valence-corrected chi connectivity index (χ1v) is 8.04. The molecule has 134 valence electrons. The Morgan fingerprint density at radius 2 is 1.96 bits per heavy atom. The van der Waals surface area contributed by atoms with Crippen molar-refractivity contribution in [3.8, 4) is 5.75 Å². The van der Waals surface area contributed by atoms with E-state index in [1.165, 1.54) is 7.05 Å². The molecule has 0 spiro atoms. The lowest BCUT2D eigenvalue weighted by atomic mass is 10.1. The molecule has 0 radical (unpaired) electrons. The van der Waals surface area contributed by atoms with E-state index >= 15 is 0 Å². The molecular formula is C18H18N4O4. The lowest BCUT2D eigenvalue weighted by molar-refractivity contribution is -0.127. The largest absolute Gasteiger partial charge is 0.481 e. The van der Waals surface area contributed by atoms with Crippen LogP contribution in [0.25, 0.3) is 10.8 Å². The molecule has 0 fully saturated rings. The molecule has 0 unspecified atom stereocenters. The Balaban J connectivity index is 1.57. The number of nitrogens with one attached hydrogen (secondary N) is 2. The van der Waals surface area contributed by atoms with Gasteiger partial charge in [-0.2, -0.15) is 4.98 Å². The minimum absolute atomic E-state index is 0.00818. The van der Waals surface area contributed by atoms with Crippen molar-refractivity contribution in [2.24, 2.45) is 0 Å². The average molecular weight is 354 g/mol. The van der Waals surface area contributed by atoms with E-state index in [9.17, 15) is 9.59 Å². The number of aromatic nitrogens is 2. The zero-order valence-electron chi connectivity index (χ0n) is 14.4. The maximum Gasteiger partial charge on any atom is 0.292 e. The molecule has 0 aliphatic carbocycles. The molecule has 0 saturated heterocycles. The van der Waals surface area contributed by atoms with E-state index in [2.05, 4.69) is 20.8 Å². The van der Waals surface area contributed by atoms with Crippen molar-refractivity contribution in [3.05, 3.63) is 54.2 Å². The zero-order valence-corrected chi connectivity index (χ0v) is 14.4. The Labute approximate surface area is 149 Å². The summed E-state index contributed by atoms with van der Waals surface area (Å²) in [7, 11) is 1.46. The average Bonchev–Trinajstić information content (AvgIpc) is 3.14. The molecule has 0 saturated carbocycles. The molecule has 1 heterocycles. The molecule has 1 aromatic heterocycles. The molecule has 2 N–H and O–H groups in total. The summed E-state index contributed by atoms with van der Waals surface area (Å²) in [5.74, 6) is -0.143. The normalized spacial score (nSPS) is 11.8. The lowest BCUT2D eigenvalue weighted by Crippen LogP contribution is -2.36. The van der Waals surface area contributed by atoms with Crippen LogP contribution in [0.5, 0.6) is 5.75 Å². The van der Waals surface area contributed by atoms with E-state index in [-0.39, 0.29) is 24.2 Å². The number of nitrogens with zero attached hydrogens (tertiary/aromatic N) is 2. The van der Waals surface area contributed by atoms with Gasteiger partial charge < -0.3 is 19.9 Å². The fourth-order valence-corrected chi connectivity index (χ4v) is 2.34. The highest BCUT2D eigenvalue weighted by atomic mass is 16.5. The molecule has 0 aliphatic heterocycles. The first kappa shape index (κ1) is 17.4. The molecule has 3 rings (SSSR count). The highest BCUT2D eigenvalue weighted by molar-refractivity contribution is 5.90. The molecule has 0 aliphatic rings. The predicted molar refractivity (Wildman–Crippen MR) is 93.6 cm³/mol. The van der Waals surface area contributed by atoms with Gasteiger partial charge in [0.25, 0.3) is 17.6 Å². The van der Waals surface area contributed by atoms with Crippen LogP contribution in [-0.2, 0) is 11.3 Å². The van der Waals surface area contributed by atoms with Gasteiger partial charge in [0.05, 0.1) is 6.54 Å². The van der Waals surface area contributed by atoms with Gasteiger partial charge in [0.15, 0.2) is 6.10 Å². The Hall–Kier alpha value is -3.42. The van der Waals surface area contributed by atoms with Crippen LogP contribution in [0.4, 0.5) is 0 Å². The van der Waals surface area contributed by atoms with Crippen molar-refractivity contribution in [1.29, 1.82) is 0 Å². The summed E-state index contributed by atoms with van der Waals surface area (Å²) in [6.45, 7) is 1.66. The smallest absolute Gasteiger partial charge is 0.292 e. The second-order valence-electron chi connectivity index (χ2n) is 5.58. The van der Waals surface area contributed by atoms with Crippen LogP contribution in [-0.4, -0.2) is 35.1 Å². The van der Waals surface area contributed by atoms with E-state index in [1.54, 1.807) is 6.92 Å². The fraction of sp³-hybridized carbons (Fsp3) is 0.222. The standard InChI is InChI=1S/C18H18N4O4/c1-11(25-14-8-7-12-5-3-4-6-13(12)9-14)17(23)20-10-15-21-16(22-26-15)18(24)19-2/h3-9,11H,10H2,1-2H3,(H,19,24)(H,20,23)/t11-/m1/s1.